The van der Waals surface area contributed by atoms with Crippen LogP contribution >= 0.6 is 23.5 Å². The van der Waals surface area contributed by atoms with Crippen LogP contribution < -0.4 is 15.4 Å². The largest absolute Gasteiger partial charge is 0.476 e. The summed E-state index contributed by atoms with van der Waals surface area (Å²) < 4.78 is 19.9. The van der Waals surface area contributed by atoms with Gasteiger partial charge in [0, 0.05) is 41.5 Å². The lowest BCUT2D eigenvalue weighted by Gasteiger charge is -2.21. The number of hydrogen-bond donors (Lipinski definition) is 2. The lowest BCUT2D eigenvalue weighted by Crippen LogP contribution is -2.32. The van der Waals surface area contributed by atoms with E-state index in [1.807, 2.05) is 73.0 Å². The van der Waals surface area contributed by atoms with Crippen molar-refractivity contribution in [2.45, 2.75) is 36.6 Å². The normalized spacial score (nSPS) is 16.8. The van der Waals surface area contributed by atoms with E-state index in [0.29, 0.717) is 47.8 Å². The predicted molar refractivity (Wildman–Crippen MR) is 179 cm³/mol. The highest BCUT2D eigenvalue weighted by Crippen LogP contribution is 2.31. The maximum absolute atomic E-state index is 13.8. The minimum atomic E-state index is -0.411. The number of rotatable bonds is 14. The Kier molecular flexibility index (Phi) is 11.5. The van der Waals surface area contributed by atoms with Crippen LogP contribution in [0.25, 0.3) is 11.3 Å². The van der Waals surface area contributed by atoms with Gasteiger partial charge in [-0.05, 0) is 60.7 Å². The van der Waals surface area contributed by atoms with Crippen LogP contribution in [0.4, 0.5) is 10.1 Å². The Morgan fingerprint density at radius 3 is 2.45 bits per heavy atom. The molecule has 0 aliphatic carbocycles. The summed E-state index contributed by atoms with van der Waals surface area (Å²) in [5.74, 6) is 1.02. The smallest absolute Gasteiger partial charge is 0.219 e. The molecule has 5 rings (SSSR count). The number of nitrogens with zero attached hydrogens (tertiary/aromatic N) is 1. The number of ketones is 1. The number of thioether (sulfide) groups is 2. The fourth-order valence-electron chi connectivity index (χ4n) is 5.10. The van der Waals surface area contributed by atoms with Gasteiger partial charge >= 0.3 is 0 Å². The molecule has 1 aromatic heterocycles. The molecule has 3 aromatic carbocycles. The van der Waals surface area contributed by atoms with Gasteiger partial charge in [0.1, 0.15) is 12.4 Å². The Morgan fingerprint density at radius 1 is 1.00 bits per heavy atom. The summed E-state index contributed by atoms with van der Waals surface area (Å²) in [6.45, 7) is 1.12. The minimum Gasteiger partial charge on any atom is -0.476 e. The molecule has 0 saturated carbocycles. The Bertz CT molecular complexity index is 1520. The van der Waals surface area contributed by atoms with E-state index in [1.165, 1.54) is 23.9 Å². The molecule has 44 heavy (non-hydrogen) atoms. The second kappa shape index (κ2) is 15.9. The van der Waals surface area contributed by atoms with Gasteiger partial charge in [-0.1, -0.05) is 72.4 Å². The lowest BCUT2D eigenvalue weighted by atomic mass is 10.0. The second-order valence-electron chi connectivity index (χ2n) is 10.7. The Morgan fingerprint density at radius 2 is 1.73 bits per heavy atom. The van der Waals surface area contributed by atoms with E-state index in [-0.39, 0.29) is 28.0 Å². The first-order chi connectivity index (χ1) is 21.5. The number of Topliss-reactive ketones (excluding diaryl/α,β-unsaturated/α-hetero) is 1. The molecule has 228 valence electrons. The van der Waals surface area contributed by atoms with E-state index in [1.54, 1.807) is 30.0 Å². The zero-order valence-corrected chi connectivity index (χ0v) is 26.2. The van der Waals surface area contributed by atoms with Gasteiger partial charge in [0.2, 0.25) is 11.0 Å². The molecule has 2 unspecified atom stereocenters. The first-order valence-corrected chi connectivity index (χ1v) is 17.0. The van der Waals surface area contributed by atoms with Gasteiger partial charge in [-0.15, -0.1) is 0 Å². The van der Waals surface area contributed by atoms with Crippen molar-refractivity contribution in [1.82, 2.24) is 10.3 Å². The lowest BCUT2D eigenvalue weighted by molar-refractivity contribution is -0.119. The monoisotopic (exact) mass is 629 g/mol. The molecule has 0 spiro atoms. The van der Waals surface area contributed by atoms with Gasteiger partial charge in [0.15, 0.2) is 5.78 Å². The molecular formula is C35H36FN3O3S2. The van der Waals surface area contributed by atoms with Crippen molar-refractivity contribution in [3.8, 4) is 17.1 Å². The van der Waals surface area contributed by atoms with Gasteiger partial charge in [-0.3, -0.25) is 9.59 Å². The number of benzene rings is 3. The Balaban J connectivity index is 1.27. The third kappa shape index (κ3) is 8.94. The van der Waals surface area contributed by atoms with Crippen LogP contribution in [0.2, 0.25) is 0 Å². The number of nitrogens with one attached hydrogen (secondary N) is 2. The average Bonchev–Trinajstić information content (AvgIpc) is 3.50. The third-order valence-electron chi connectivity index (χ3n) is 7.43. The summed E-state index contributed by atoms with van der Waals surface area (Å²) in [4.78, 5) is 30.8. The van der Waals surface area contributed by atoms with E-state index in [9.17, 15) is 14.0 Å². The average molecular weight is 630 g/mol. The number of aromatic nitrogens is 1. The molecule has 9 heteroatoms. The molecule has 3 atom stereocenters. The van der Waals surface area contributed by atoms with E-state index in [4.69, 9.17) is 9.72 Å². The third-order valence-corrected chi connectivity index (χ3v) is 9.22. The van der Waals surface area contributed by atoms with Crippen molar-refractivity contribution < 1.29 is 18.7 Å². The van der Waals surface area contributed by atoms with E-state index in [0.717, 1.165) is 24.3 Å². The van der Waals surface area contributed by atoms with Gasteiger partial charge in [0.25, 0.3) is 0 Å². The van der Waals surface area contributed by atoms with Crippen molar-refractivity contribution in [1.29, 1.82) is 0 Å². The topological polar surface area (TPSA) is 80.3 Å². The van der Waals surface area contributed by atoms with Crippen molar-refractivity contribution in [2.24, 2.45) is 0 Å². The number of halogens is 1. The van der Waals surface area contributed by atoms with Crippen LogP contribution in [0.5, 0.6) is 5.88 Å². The molecule has 4 aromatic rings. The number of pyridine rings is 1. The van der Waals surface area contributed by atoms with Crippen LogP contribution in [0.1, 0.15) is 28.8 Å². The SMILES string of the molecule is CSCC[C@H](Nc1ccc(OCC2CC(SC(=O)c3ccccc3)CN2)nc1-c1ccc(F)cc1)C(=O)Cc1ccccc1. The van der Waals surface area contributed by atoms with Gasteiger partial charge in [-0.2, -0.15) is 11.8 Å². The molecule has 0 amide bonds. The summed E-state index contributed by atoms with van der Waals surface area (Å²) >= 11 is 3.06. The minimum absolute atomic E-state index is 0.0748. The maximum atomic E-state index is 13.8. The predicted octanol–water partition coefficient (Wildman–Crippen LogP) is 6.92. The summed E-state index contributed by atoms with van der Waals surface area (Å²) in [7, 11) is 0. The zero-order chi connectivity index (χ0) is 30.7. The highest BCUT2D eigenvalue weighted by molar-refractivity contribution is 8.14. The van der Waals surface area contributed by atoms with Crippen LogP contribution in [-0.2, 0) is 11.2 Å². The summed E-state index contributed by atoms with van der Waals surface area (Å²) in [6, 6.07) is 28.6. The Hall–Kier alpha value is -3.66. The van der Waals surface area contributed by atoms with Gasteiger partial charge < -0.3 is 15.4 Å². The molecule has 1 aliphatic heterocycles. The van der Waals surface area contributed by atoms with Crippen LogP contribution in [0, 0.1) is 5.82 Å². The highest BCUT2D eigenvalue weighted by Gasteiger charge is 2.28. The first-order valence-electron chi connectivity index (χ1n) is 14.7. The van der Waals surface area contributed by atoms with E-state index < -0.39 is 6.04 Å². The number of carbonyl (C=O) groups is 2. The summed E-state index contributed by atoms with van der Waals surface area (Å²) in [6.07, 6.45) is 3.82. The zero-order valence-electron chi connectivity index (χ0n) is 24.6. The maximum Gasteiger partial charge on any atom is 0.219 e. The molecule has 6 nitrogen and oxygen atoms in total. The van der Waals surface area contributed by atoms with Gasteiger partial charge in [0.05, 0.1) is 17.4 Å². The second-order valence-corrected chi connectivity index (χ2v) is 13.0. The summed E-state index contributed by atoms with van der Waals surface area (Å²) in [5.41, 5.74) is 3.67. The van der Waals surface area contributed by atoms with Crippen LogP contribution in [0.3, 0.4) is 0 Å². The van der Waals surface area contributed by atoms with Crippen molar-refractivity contribution >= 4 is 40.1 Å². The molecular weight excluding hydrogens is 594 g/mol. The quantitative estimate of drug-likeness (QED) is 0.156. The number of ether oxygens (including phenoxy) is 1. The van der Waals surface area contributed by atoms with Crippen molar-refractivity contribution in [2.75, 3.05) is 30.5 Å². The molecule has 2 heterocycles. The first kappa shape index (κ1) is 31.8. The Labute approximate surface area is 266 Å². The fourth-order valence-corrected chi connectivity index (χ4v) is 6.66. The van der Waals surface area contributed by atoms with Crippen LogP contribution in [-0.4, -0.2) is 58.4 Å². The summed E-state index contributed by atoms with van der Waals surface area (Å²) in [5, 5.41) is 7.15. The highest BCUT2D eigenvalue weighted by atomic mass is 32.2. The molecule has 2 N–H and O–H groups in total. The van der Waals surface area contributed by atoms with Crippen molar-refractivity contribution in [3.63, 3.8) is 0 Å². The van der Waals surface area contributed by atoms with Crippen LogP contribution in [0.15, 0.2) is 97.1 Å². The number of anilines is 1. The standard InChI is InChI=1S/C35H36FN3O3S2/c1-43-19-18-30(32(40)20-24-8-4-2-5-9-24)38-31-16-17-33(39-34(31)25-12-14-27(36)15-13-25)42-23-28-21-29(22-37-28)44-35(41)26-10-6-3-7-11-26/h2-17,28-30,37-38H,18-23H2,1H3/t28?,29?,30-/m0/s1. The molecule has 1 aliphatic rings. The van der Waals surface area contributed by atoms with E-state index >= 15 is 0 Å². The molecule has 1 saturated heterocycles. The molecule has 1 fully saturated rings. The fraction of sp³-hybridized carbons (Fsp3) is 0.286. The molecule has 0 bridgehead atoms. The van der Waals surface area contributed by atoms with E-state index in [2.05, 4.69) is 10.6 Å². The number of carbonyl (C=O) groups excluding carboxylic acids is 2. The van der Waals surface area contributed by atoms with Gasteiger partial charge in [-0.25, -0.2) is 9.37 Å². The number of hydrogen-bond acceptors (Lipinski definition) is 8. The van der Waals surface area contributed by atoms with Crippen molar-refractivity contribution in [3.05, 3.63) is 114 Å². The molecule has 0 radical (unpaired) electrons.